The minimum Gasteiger partial charge on any atom is -0.453 e. The van der Waals surface area contributed by atoms with Gasteiger partial charge in [0.1, 0.15) is 0 Å². The van der Waals surface area contributed by atoms with Crippen LogP contribution in [0.3, 0.4) is 0 Å². The summed E-state index contributed by atoms with van der Waals surface area (Å²) in [4.78, 5) is 34.5. The van der Waals surface area contributed by atoms with Gasteiger partial charge in [-0.2, -0.15) is 0 Å². The van der Waals surface area contributed by atoms with Gasteiger partial charge in [-0.15, -0.1) is 0 Å². The quantitative estimate of drug-likeness (QED) is 0.437. The van der Waals surface area contributed by atoms with Crippen molar-refractivity contribution in [3.05, 3.63) is 29.3 Å². The third-order valence-electron chi connectivity index (χ3n) is 3.78. The Morgan fingerprint density at radius 3 is 2.41 bits per heavy atom. The summed E-state index contributed by atoms with van der Waals surface area (Å²) >= 11 is 0. The lowest BCUT2D eigenvalue weighted by atomic mass is 10.1. The number of benzene rings is 1. The van der Waals surface area contributed by atoms with Crippen molar-refractivity contribution in [2.24, 2.45) is 0 Å². The maximum atomic E-state index is 12.2. The van der Waals surface area contributed by atoms with Gasteiger partial charge in [0.25, 0.3) is 5.91 Å². The van der Waals surface area contributed by atoms with Gasteiger partial charge < -0.3 is 10.1 Å². The van der Waals surface area contributed by atoms with E-state index in [-0.39, 0.29) is 24.3 Å². The number of rotatable bonds is 8. The van der Waals surface area contributed by atoms with E-state index in [0.29, 0.717) is 0 Å². The summed E-state index contributed by atoms with van der Waals surface area (Å²) in [5.41, 5.74) is 1.86. The number of imide groups is 1. The highest BCUT2D eigenvalue weighted by atomic mass is 32.2. The average molecular weight is 399 g/mol. The molecular formula is C17H25N3O6S. The van der Waals surface area contributed by atoms with Crippen LogP contribution in [0.15, 0.2) is 23.1 Å². The number of amides is 3. The number of urea groups is 1. The number of ether oxygens (including phenoxy) is 1. The van der Waals surface area contributed by atoms with Gasteiger partial charge in [-0.05, 0) is 50.5 Å². The Bertz CT molecular complexity index is 807. The van der Waals surface area contributed by atoms with Crippen molar-refractivity contribution in [1.29, 1.82) is 0 Å². The van der Waals surface area contributed by atoms with Gasteiger partial charge in [0.05, 0.1) is 4.90 Å². The van der Waals surface area contributed by atoms with Crippen LogP contribution in [0, 0.1) is 13.8 Å². The van der Waals surface area contributed by atoms with E-state index < -0.39 is 34.0 Å². The van der Waals surface area contributed by atoms with Gasteiger partial charge in [0.15, 0.2) is 6.10 Å². The van der Waals surface area contributed by atoms with Crippen molar-refractivity contribution in [3.8, 4) is 0 Å². The Balaban J connectivity index is 2.42. The molecule has 0 aliphatic rings. The summed E-state index contributed by atoms with van der Waals surface area (Å²) in [6.07, 6.45) is -1.01. The van der Waals surface area contributed by atoms with E-state index in [1.165, 1.54) is 20.0 Å². The van der Waals surface area contributed by atoms with Crippen LogP contribution in [0.2, 0.25) is 0 Å². The zero-order chi connectivity index (χ0) is 20.6. The number of nitrogens with one attached hydrogen (secondary N) is 3. The summed E-state index contributed by atoms with van der Waals surface area (Å²) in [6, 6.07) is 4.13. The lowest BCUT2D eigenvalue weighted by Gasteiger charge is -2.13. The average Bonchev–Trinajstić information content (AvgIpc) is 2.60. The topological polar surface area (TPSA) is 131 Å². The third kappa shape index (κ3) is 7.35. The summed E-state index contributed by atoms with van der Waals surface area (Å²) < 4.78 is 31.8. The predicted molar refractivity (Wildman–Crippen MR) is 98.5 cm³/mol. The molecule has 0 aliphatic carbocycles. The number of hydrogen-bond acceptors (Lipinski definition) is 6. The summed E-state index contributed by atoms with van der Waals surface area (Å²) in [6.45, 7) is 5.09. The van der Waals surface area contributed by atoms with Crippen molar-refractivity contribution in [2.45, 2.75) is 44.6 Å². The first kappa shape index (κ1) is 22.6. The molecular weight excluding hydrogens is 374 g/mol. The van der Waals surface area contributed by atoms with Crippen molar-refractivity contribution in [1.82, 2.24) is 15.4 Å². The van der Waals surface area contributed by atoms with E-state index in [2.05, 4.69) is 10.0 Å². The first-order valence-electron chi connectivity index (χ1n) is 8.35. The van der Waals surface area contributed by atoms with Crippen molar-refractivity contribution >= 4 is 27.9 Å². The van der Waals surface area contributed by atoms with Crippen LogP contribution >= 0.6 is 0 Å². The molecule has 150 valence electrons. The normalized spacial score (nSPS) is 12.1. The summed E-state index contributed by atoms with van der Waals surface area (Å²) in [5, 5.41) is 4.19. The van der Waals surface area contributed by atoms with E-state index in [1.807, 2.05) is 19.2 Å². The molecule has 0 aliphatic heterocycles. The molecule has 1 aromatic rings. The van der Waals surface area contributed by atoms with Crippen molar-refractivity contribution < 1.29 is 27.5 Å². The molecule has 0 heterocycles. The number of sulfonamides is 1. The van der Waals surface area contributed by atoms with Crippen molar-refractivity contribution in [2.75, 3.05) is 13.6 Å². The Morgan fingerprint density at radius 2 is 1.81 bits per heavy atom. The first-order chi connectivity index (χ1) is 12.6. The van der Waals surface area contributed by atoms with Crippen LogP contribution in [0.25, 0.3) is 0 Å². The van der Waals surface area contributed by atoms with E-state index in [4.69, 9.17) is 4.74 Å². The van der Waals surface area contributed by atoms with Gasteiger partial charge >= 0.3 is 12.0 Å². The van der Waals surface area contributed by atoms with Crippen LogP contribution in [0.4, 0.5) is 4.79 Å². The molecule has 3 N–H and O–H groups in total. The lowest BCUT2D eigenvalue weighted by molar-refractivity contribution is -0.154. The third-order valence-corrected chi connectivity index (χ3v) is 5.24. The number of esters is 1. The van der Waals surface area contributed by atoms with Crippen LogP contribution in [0.1, 0.15) is 30.9 Å². The second-order valence-corrected chi connectivity index (χ2v) is 7.71. The largest absolute Gasteiger partial charge is 0.453 e. The van der Waals surface area contributed by atoms with E-state index in [9.17, 15) is 22.8 Å². The zero-order valence-corrected chi connectivity index (χ0v) is 16.6. The number of hydrogen-bond donors (Lipinski definition) is 3. The Hall–Kier alpha value is -2.46. The molecule has 1 rings (SSSR count). The number of carbonyl (C=O) groups is 3. The molecule has 27 heavy (non-hydrogen) atoms. The molecule has 1 atom stereocenters. The van der Waals surface area contributed by atoms with E-state index >= 15 is 0 Å². The second-order valence-electron chi connectivity index (χ2n) is 5.95. The Labute approximate surface area is 158 Å². The monoisotopic (exact) mass is 399 g/mol. The van der Waals surface area contributed by atoms with Gasteiger partial charge in [-0.1, -0.05) is 6.07 Å². The summed E-state index contributed by atoms with van der Waals surface area (Å²) in [5.74, 6) is -1.42. The summed E-state index contributed by atoms with van der Waals surface area (Å²) in [7, 11) is -2.32. The van der Waals surface area contributed by atoms with Crippen LogP contribution in [-0.4, -0.2) is 46.0 Å². The molecule has 3 amide bonds. The molecule has 9 nitrogen and oxygen atoms in total. The molecule has 0 saturated heterocycles. The highest BCUT2D eigenvalue weighted by molar-refractivity contribution is 7.89. The predicted octanol–water partition coefficient (Wildman–Crippen LogP) is 0.749. The smallest absolute Gasteiger partial charge is 0.321 e. The van der Waals surface area contributed by atoms with Crippen LogP contribution in [0.5, 0.6) is 0 Å². The molecule has 0 unspecified atom stereocenters. The molecule has 0 bridgehead atoms. The van der Waals surface area contributed by atoms with E-state index in [1.54, 1.807) is 12.1 Å². The second kappa shape index (κ2) is 10.0. The lowest BCUT2D eigenvalue weighted by Crippen LogP contribution is -2.43. The van der Waals surface area contributed by atoms with E-state index in [0.717, 1.165) is 11.1 Å². The molecule has 1 aromatic carbocycles. The highest BCUT2D eigenvalue weighted by Gasteiger charge is 2.19. The molecule has 0 fully saturated rings. The standard InChI is InChI=1S/C17H25N3O6S/c1-11-7-8-14(10-12(11)2)27(24,25)19-9-5-6-15(21)26-13(3)16(22)20-17(23)18-4/h7-8,10,13,19H,5-6,9H2,1-4H3,(H2,18,20,22,23)/t13-/m1/s1. The number of carbonyl (C=O) groups excluding carboxylic acids is 3. The van der Waals surface area contributed by atoms with Crippen molar-refractivity contribution in [3.63, 3.8) is 0 Å². The molecule has 0 spiro atoms. The maximum absolute atomic E-state index is 12.2. The highest BCUT2D eigenvalue weighted by Crippen LogP contribution is 2.14. The van der Waals surface area contributed by atoms with Gasteiger partial charge in [0.2, 0.25) is 10.0 Å². The van der Waals surface area contributed by atoms with Crippen LogP contribution in [-0.2, 0) is 24.3 Å². The Morgan fingerprint density at radius 1 is 1.15 bits per heavy atom. The van der Waals surface area contributed by atoms with Gasteiger partial charge in [-0.25, -0.2) is 17.9 Å². The SMILES string of the molecule is CNC(=O)NC(=O)[C@@H](C)OC(=O)CCCNS(=O)(=O)c1ccc(C)c(C)c1. The Kier molecular flexibility index (Phi) is 8.38. The molecule has 0 saturated carbocycles. The number of aryl methyl sites for hydroxylation is 2. The molecule has 10 heteroatoms. The minimum atomic E-state index is -3.66. The fourth-order valence-electron chi connectivity index (χ4n) is 1.99. The molecule has 0 radical (unpaired) electrons. The first-order valence-corrected chi connectivity index (χ1v) is 9.84. The van der Waals surface area contributed by atoms with Gasteiger partial charge in [0, 0.05) is 20.0 Å². The van der Waals surface area contributed by atoms with Crippen LogP contribution < -0.4 is 15.4 Å². The minimum absolute atomic E-state index is 0.0448. The fourth-order valence-corrected chi connectivity index (χ4v) is 3.15. The van der Waals surface area contributed by atoms with Gasteiger partial charge in [-0.3, -0.25) is 14.9 Å². The zero-order valence-electron chi connectivity index (χ0n) is 15.8. The fraction of sp³-hybridized carbons (Fsp3) is 0.471. The molecule has 0 aromatic heterocycles. The maximum Gasteiger partial charge on any atom is 0.321 e.